The van der Waals surface area contributed by atoms with E-state index in [9.17, 15) is 30.0 Å². The predicted molar refractivity (Wildman–Crippen MR) is 155 cm³/mol. The Hall–Kier alpha value is -3.94. The van der Waals surface area contributed by atoms with Crippen molar-refractivity contribution in [3.8, 4) is 23.0 Å². The summed E-state index contributed by atoms with van der Waals surface area (Å²) in [6.07, 6.45) is 0.189. The molecule has 0 aliphatic rings. The number of phenols is 3. The van der Waals surface area contributed by atoms with Crippen molar-refractivity contribution in [2.45, 2.75) is 84.6 Å². The number of aryl methyl sites for hydroxylation is 2. The minimum absolute atomic E-state index is 0.0648. The monoisotopic (exact) mass is 551 g/mol. The first kappa shape index (κ1) is 30.6. The van der Waals surface area contributed by atoms with Gasteiger partial charge in [-0.25, -0.2) is 0 Å². The fourth-order valence-corrected chi connectivity index (χ4v) is 4.98. The lowest BCUT2D eigenvalue weighted by atomic mass is 9.75. The van der Waals surface area contributed by atoms with Crippen LogP contribution in [0.15, 0.2) is 41.2 Å². The highest BCUT2D eigenvalue weighted by Gasteiger charge is 2.32. The van der Waals surface area contributed by atoms with Gasteiger partial charge in [0.05, 0.1) is 19.1 Å². The molecular weight excluding hydrogens is 510 g/mol. The highest BCUT2D eigenvalue weighted by molar-refractivity contribution is 5.72. The van der Waals surface area contributed by atoms with Crippen molar-refractivity contribution in [3.63, 3.8) is 0 Å². The molecule has 0 saturated carbocycles. The van der Waals surface area contributed by atoms with Crippen LogP contribution in [-0.2, 0) is 33.3 Å². The number of nitrogens with zero attached hydrogens (tertiary/aromatic N) is 1. The van der Waals surface area contributed by atoms with E-state index in [4.69, 9.17) is 4.74 Å². The summed E-state index contributed by atoms with van der Waals surface area (Å²) in [4.78, 5) is 26.6. The number of aromatic nitrogens is 1. The van der Waals surface area contributed by atoms with Gasteiger partial charge in [0.15, 0.2) is 11.5 Å². The first-order chi connectivity index (χ1) is 18.4. The third-order valence-corrected chi connectivity index (χ3v) is 7.28. The number of hydrogen-bond acceptors (Lipinski definition) is 7. The molecule has 0 amide bonds. The molecule has 3 aromatic rings. The Morgan fingerprint density at radius 1 is 0.875 bits per heavy atom. The lowest BCUT2D eigenvalue weighted by Gasteiger charge is -2.30. The van der Waals surface area contributed by atoms with Crippen LogP contribution < -0.4 is 5.56 Å². The number of carbonyl (C=O) groups is 1. The second kappa shape index (κ2) is 11.3. The number of ether oxygens (including phenoxy) is 1. The second-order valence-electron chi connectivity index (χ2n) is 12.4. The average Bonchev–Trinajstić information content (AvgIpc) is 2.83. The molecule has 0 aliphatic heterocycles. The van der Waals surface area contributed by atoms with Crippen LogP contribution in [0.25, 0.3) is 0 Å². The van der Waals surface area contributed by atoms with Gasteiger partial charge in [-0.15, -0.1) is 0 Å². The number of rotatable bonds is 7. The summed E-state index contributed by atoms with van der Waals surface area (Å²) in [7, 11) is 1.28. The van der Waals surface area contributed by atoms with E-state index in [0.717, 1.165) is 0 Å². The van der Waals surface area contributed by atoms with E-state index in [2.05, 4.69) is 0 Å². The Bertz CT molecular complexity index is 1440. The Kier molecular flexibility index (Phi) is 8.63. The minimum Gasteiger partial charge on any atom is -0.507 e. The van der Waals surface area contributed by atoms with Crippen LogP contribution in [0.3, 0.4) is 0 Å². The van der Waals surface area contributed by atoms with Gasteiger partial charge in [0.25, 0.3) is 5.56 Å². The summed E-state index contributed by atoms with van der Waals surface area (Å²) in [5.41, 5.74) is 1.93. The van der Waals surface area contributed by atoms with Gasteiger partial charge < -0.3 is 29.7 Å². The Morgan fingerprint density at radius 3 is 1.95 bits per heavy atom. The van der Waals surface area contributed by atoms with E-state index in [0.29, 0.717) is 34.4 Å². The molecule has 2 aromatic carbocycles. The topological polar surface area (TPSA) is 129 Å². The summed E-state index contributed by atoms with van der Waals surface area (Å²) in [6.45, 7) is 13.8. The lowest BCUT2D eigenvalue weighted by molar-refractivity contribution is -0.140. The second-order valence-corrected chi connectivity index (χ2v) is 12.4. The zero-order valence-electron chi connectivity index (χ0n) is 24.6. The van der Waals surface area contributed by atoms with Crippen molar-refractivity contribution in [3.05, 3.63) is 80.3 Å². The molecule has 1 aromatic heterocycles. The molecule has 0 fully saturated rings. The normalized spacial score (nSPS) is 12.8. The van der Waals surface area contributed by atoms with Gasteiger partial charge >= 0.3 is 5.97 Å². The molecule has 0 saturated heterocycles. The average molecular weight is 552 g/mol. The molecule has 4 N–H and O–H groups in total. The Morgan fingerprint density at radius 2 is 1.45 bits per heavy atom. The zero-order chi connectivity index (χ0) is 30.2. The van der Waals surface area contributed by atoms with Gasteiger partial charge in [-0.05, 0) is 64.6 Å². The standard InChI is InChI=1S/C32H41NO7/c1-18-13-26(36)28(30(39)33(18)12-11-19-9-10-24(34)25(35)14-19)21(17-27(37)40-8)20-15-22(31(2,3)4)29(38)23(16-20)32(5,6)7/h9-10,13-16,21,34-36,38H,11-12,17H2,1-8H3/t21-/m1/s1. The Labute approximate surface area is 235 Å². The fraction of sp³-hybridized carbons (Fsp3) is 0.438. The highest BCUT2D eigenvalue weighted by atomic mass is 16.5. The van der Waals surface area contributed by atoms with Gasteiger partial charge in [0.2, 0.25) is 0 Å². The van der Waals surface area contributed by atoms with Crippen LogP contribution in [0.5, 0.6) is 23.0 Å². The Balaban J connectivity index is 2.24. The van der Waals surface area contributed by atoms with Gasteiger partial charge in [-0.1, -0.05) is 59.7 Å². The summed E-state index contributed by atoms with van der Waals surface area (Å²) < 4.78 is 6.51. The van der Waals surface area contributed by atoms with Gasteiger partial charge in [-0.3, -0.25) is 9.59 Å². The largest absolute Gasteiger partial charge is 0.507 e. The van der Waals surface area contributed by atoms with Crippen LogP contribution in [0.2, 0.25) is 0 Å². The zero-order valence-corrected chi connectivity index (χ0v) is 24.6. The molecule has 1 atom stereocenters. The summed E-state index contributed by atoms with van der Waals surface area (Å²) in [5, 5.41) is 41.8. The highest BCUT2D eigenvalue weighted by Crippen LogP contribution is 2.43. The molecule has 0 spiro atoms. The molecule has 0 bridgehead atoms. The van der Waals surface area contributed by atoms with Gasteiger partial charge in [0.1, 0.15) is 11.5 Å². The van der Waals surface area contributed by atoms with Crippen LogP contribution in [0.4, 0.5) is 0 Å². The van der Waals surface area contributed by atoms with Crippen molar-refractivity contribution in [1.29, 1.82) is 0 Å². The third kappa shape index (κ3) is 6.43. The minimum atomic E-state index is -0.840. The van der Waals surface area contributed by atoms with Crippen molar-refractivity contribution in [1.82, 2.24) is 4.57 Å². The maximum Gasteiger partial charge on any atom is 0.306 e. The number of carbonyl (C=O) groups excluding carboxylic acids is 1. The quantitative estimate of drug-likeness (QED) is 0.225. The molecule has 8 heteroatoms. The van der Waals surface area contributed by atoms with E-state index in [1.807, 2.05) is 41.5 Å². The molecule has 0 radical (unpaired) electrons. The number of methoxy groups -OCH3 is 1. The van der Waals surface area contributed by atoms with Crippen LogP contribution in [0, 0.1) is 6.92 Å². The van der Waals surface area contributed by atoms with E-state index >= 15 is 0 Å². The van der Waals surface area contributed by atoms with Crippen LogP contribution in [0.1, 0.15) is 87.4 Å². The van der Waals surface area contributed by atoms with Crippen molar-refractivity contribution in [2.24, 2.45) is 0 Å². The fourth-order valence-electron chi connectivity index (χ4n) is 4.98. The molecule has 8 nitrogen and oxygen atoms in total. The van der Waals surface area contributed by atoms with E-state index in [1.54, 1.807) is 25.1 Å². The summed E-state index contributed by atoms with van der Waals surface area (Å²) in [6, 6.07) is 9.61. The van der Waals surface area contributed by atoms with Gasteiger partial charge in [0, 0.05) is 18.2 Å². The number of esters is 1. The van der Waals surface area contributed by atoms with E-state index in [1.165, 1.54) is 29.9 Å². The molecular formula is C32H41NO7. The maximum absolute atomic E-state index is 14.0. The molecule has 0 unspecified atom stereocenters. The molecule has 3 rings (SSSR count). The first-order valence-corrected chi connectivity index (χ1v) is 13.3. The van der Waals surface area contributed by atoms with Crippen LogP contribution in [-0.4, -0.2) is 38.1 Å². The molecule has 216 valence electrons. The third-order valence-electron chi connectivity index (χ3n) is 7.28. The van der Waals surface area contributed by atoms with Gasteiger partial charge in [-0.2, -0.15) is 0 Å². The molecule has 1 heterocycles. The molecule has 0 aliphatic carbocycles. The lowest BCUT2D eigenvalue weighted by Crippen LogP contribution is -2.29. The maximum atomic E-state index is 14.0. The van der Waals surface area contributed by atoms with E-state index in [-0.39, 0.29) is 41.5 Å². The number of aromatic hydroxyl groups is 4. The summed E-state index contributed by atoms with van der Waals surface area (Å²) in [5.74, 6) is -1.91. The smallest absolute Gasteiger partial charge is 0.306 e. The van der Waals surface area contributed by atoms with Crippen LogP contribution >= 0.6 is 0 Å². The molecule has 40 heavy (non-hydrogen) atoms. The first-order valence-electron chi connectivity index (χ1n) is 13.3. The van der Waals surface area contributed by atoms with Crippen molar-refractivity contribution < 1.29 is 30.0 Å². The summed E-state index contributed by atoms with van der Waals surface area (Å²) >= 11 is 0. The van der Waals surface area contributed by atoms with E-state index < -0.39 is 28.3 Å². The van der Waals surface area contributed by atoms with Crippen molar-refractivity contribution >= 4 is 5.97 Å². The number of hydrogen-bond donors (Lipinski definition) is 4. The van der Waals surface area contributed by atoms with Crippen molar-refractivity contribution in [2.75, 3.05) is 7.11 Å². The number of phenolic OH excluding ortho intramolecular Hbond substituents is 3. The predicted octanol–water partition coefficient (Wildman–Crippen LogP) is 5.51. The SMILES string of the molecule is COC(=O)C[C@H](c1cc(C(C)(C)C)c(O)c(C(C)(C)C)c1)c1c(O)cc(C)n(CCc2ccc(O)c(O)c2)c1=O. The number of pyridine rings is 1. The number of benzene rings is 2.